The molecule has 4 rings (SSSR count). The second-order valence-corrected chi connectivity index (χ2v) is 8.37. The molecule has 0 saturated heterocycles. The van der Waals surface area contributed by atoms with Crippen LogP contribution in [-0.4, -0.2) is 36.1 Å². The Bertz CT molecular complexity index is 1210. The van der Waals surface area contributed by atoms with Gasteiger partial charge in [0.1, 0.15) is 5.75 Å². The molecule has 1 fully saturated rings. The molecular weight excluding hydrogens is 418 g/mol. The summed E-state index contributed by atoms with van der Waals surface area (Å²) in [5.74, 6) is -0.0903. The van der Waals surface area contributed by atoms with Gasteiger partial charge in [0.05, 0.1) is 24.9 Å². The minimum absolute atomic E-state index is 0.114. The van der Waals surface area contributed by atoms with Crippen molar-refractivity contribution in [3.05, 3.63) is 70.6 Å². The molecule has 0 atom stereocenters. The van der Waals surface area contributed by atoms with E-state index in [9.17, 15) is 14.4 Å². The van der Waals surface area contributed by atoms with Crippen molar-refractivity contribution in [2.45, 2.75) is 44.6 Å². The largest absolute Gasteiger partial charge is 0.495 e. The van der Waals surface area contributed by atoms with Gasteiger partial charge in [-0.15, -0.1) is 0 Å². The van der Waals surface area contributed by atoms with E-state index < -0.39 is 5.91 Å². The lowest BCUT2D eigenvalue weighted by Gasteiger charge is -2.17. The SMILES string of the molecule is COc1ccccc1-n1cc(C(=O)NCC(=O)NC2CCCCCC2)c2ccccc2c1=O. The van der Waals surface area contributed by atoms with Gasteiger partial charge in [-0.25, -0.2) is 0 Å². The third-order valence-corrected chi connectivity index (χ3v) is 6.14. The van der Waals surface area contributed by atoms with Gasteiger partial charge >= 0.3 is 0 Å². The predicted octanol–water partition coefficient (Wildman–Crippen LogP) is 3.57. The van der Waals surface area contributed by atoms with Crippen molar-refractivity contribution < 1.29 is 14.3 Å². The highest BCUT2D eigenvalue weighted by atomic mass is 16.5. The van der Waals surface area contributed by atoms with Crippen molar-refractivity contribution in [3.63, 3.8) is 0 Å². The number of hydrogen-bond donors (Lipinski definition) is 2. The minimum Gasteiger partial charge on any atom is -0.495 e. The first-order valence-corrected chi connectivity index (χ1v) is 11.4. The van der Waals surface area contributed by atoms with Gasteiger partial charge in [-0.1, -0.05) is 56.0 Å². The number of hydrogen-bond acceptors (Lipinski definition) is 4. The van der Waals surface area contributed by atoms with Crippen LogP contribution in [0.15, 0.2) is 59.5 Å². The van der Waals surface area contributed by atoms with Crippen molar-refractivity contribution in [3.8, 4) is 11.4 Å². The Morgan fingerprint density at radius 3 is 2.36 bits per heavy atom. The summed E-state index contributed by atoms with van der Waals surface area (Å²) >= 11 is 0. The molecule has 172 valence electrons. The standard InChI is InChI=1S/C26H29N3O4/c1-33-23-15-9-8-14-22(23)29-17-21(19-12-6-7-13-20(19)26(29)32)25(31)27-16-24(30)28-18-10-4-2-3-5-11-18/h6-9,12-15,17-18H,2-5,10-11,16H2,1H3,(H,27,31)(H,28,30). The maximum Gasteiger partial charge on any atom is 0.263 e. The molecule has 1 aromatic heterocycles. The third-order valence-electron chi connectivity index (χ3n) is 6.14. The Morgan fingerprint density at radius 2 is 1.64 bits per heavy atom. The molecule has 0 aliphatic heterocycles. The molecule has 7 heteroatoms. The van der Waals surface area contributed by atoms with Crippen LogP contribution in [-0.2, 0) is 4.79 Å². The van der Waals surface area contributed by atoms with Crippen LogP contribution >= 0.6 is 0 Å². The number of para-hydroxylation sites is 2. The van der Waals surface area contributed by atoms with Crippen LogP contribution in [0, 0.1) is 0 Å². The van der Waals surface area contributed by atoms with E-state index in [1.165, 1.54) is 30.7 Å². The lowest BCUT2D eigenvalue weighted by Crippen LogP contribution is -2.42. The van der Waals surface area contributed by atoms with Gasteiger partial charge in [0, 0.05) is 23.0 Å². The molecule has 1 aliphatic carbocycles. The molecule has 2 amide bonds. The zero-order chi connectivity index (χ0) is 23.2. The molecule has 0 spiro atoms. The van der Waals surface area contributed by atoms with E-state index in [4.69, 9.17) is 4.74 Å². The topological polar surface area (TPSA) is 89.4 Å². The number of ether oxygens (including phenoxy) is 1. The van der Waals surface area contributed by atoms with Crippen LogP contribution in [0.25, 0.3) is 16.5 Å². The zero-order valence-corrected chi connectivity index (χ0v) is 18.8. The Hall–Kier alpha value is -3.61. The van der Waals surface area contributed by atoms with E-state index in [2.05, 4.69) is 10.6 Å². The monoisotopic (exact) mass is 447 g/mol. The second kappa shape index (κ2) is 10.3. The Balaban J connectivity index is 1.60. The first kappa shape index (κ1) is 22.6. The van der Waals surface area contributed by atoms with Crippen molar-refractivity contribution in [1.82, 2.24) is 15.2 Å². The van der Waals surface area contributed by atoms with E-state index in [0.717, 1.165) is 25.7 Å². The number of fused-ring (bicyclic) bond motifs is 1. The number of nitrogens with zero attached hydrogens (tertiary/aromatic N) is 1. The third kappa shape index (κ3) is 5.08. The zero-order valence-electron chi connectivity index (χ0n) is 18.8. The number of methoxy groups -OCH3 is 1. The normalized spacial score (nSPS) is 14.5. The molecule has 0 radical (unpaired) electrons. The molecule has 2 N–H and O–H groups in total. The number of pyridine rings is 1. The molecule has 1 aliphatic rings. The number of aromatic nitrogens is 1. The highest BCUT2D eigenvalue weighted by molar-refractivity contribution is 6.07. The summed E-state index contributed by atoms with van der Waals surface area (Å²) in [6.45, 7) is -0.114. The summed E-state index contributed by atoms with van der Waals surface area (Å²) < 4.78 is 6.83. The van der Waals surface area contributed by atoms with E-state index in [0.29, 0.717) is 27.8 Å². The van der Waals surface area contributed by atoms with Gasteiger partial charge in [0.15, 0.2) is 0 Å². The Kier molecular flexibility index (Phi) is 7.07. The van der Waals surface area contributed by atoms with Crippen LogP contribution in [0.2, 0.25) is 0 Å². The molecular formula is C26H29N3O4. The second-order valence-electron chi connectivity index (χ2n) is 8.37. The first-order chi connectivity index (χ1) is 16.1. The molecule has 0 bridgehead atoms. The van der Waals surface area contributed by atoms with Crippen molar-refractivity contribution in [2.24, 2.45) is 0 Å². The number of carbonyl (C=O) groups excluding carboxylic acids is 2. The molecule has 3 aromatic rings. The highest BCUT2D eigenvalue weighted by Crippen LogP contribution is 2.24. The van der Waals surface area contributed by atoms with Gasteiger partial charge < -0.3 is 15.4 Å². The number of carbonyl (C=O) groups is 2. The molecule has 33 heavy (non-hydrogen) atoms. The van der Waals surface area contributed by atoms with Crippen LogP contribution in [0.3, 0.4) is 0 Å². The summed E-state index contributed by atoms with van der Waals surface area (Å²) in [4.78, 5) is 38.8. The van der Waals surface area contributed by atoms with Gasteiger partial charge in [-0.3, -0.25) is 19.0 Å². The van der Waals surface area contributed by atoms with Crippen LogP contribution in [0.1, 0.15) is 48.9 Å². The van der Waals surface area contributed by atoms with Crippen molar-refractivity contribution in [1.29, 1.82) is 0 Å². The van der Waals surface area contributed by atoms with Crippen LogP contribution < -0.4 is 20.9 Å². The van der Waals surface area contributed by atoms with Gasteiger partial charge in [0.2, 0.25) is 5.91 Å². The molecule has 1 heterocycles. The molecule has 7 nitrogen and oxygen atoms in total. The fourth-order valence-electron chi connectivity index (χ4n) is 4.44. The lowest BCUT2D eigenvalue weighted by molar-refractivity contribution is -0.120. The van der Waals surface area contributed by atoms with E-state index >= 15 is 0 Å². The van der Waals surface area contributed by atoms with Gasteiger partial charge in [-0.05, 0) is 31.0 Å². The molecule has 2 aromatic carbocycles. The first-order valence-electron chi connectivity index (χ1n) is 11.4. The molecule has 1 saturated carbocycles. The summed E-state index contributed by atoms with van der Waals surface area (Å²) in [7, 11) is 1.53. The highest BCUT2D eigenvalue weighted by Gasteiger charge is 2.19. The lowest BCUT2D eigenvalue weighted by atomic mass is 10.1. The van der Waals surface area contributed by atoms with Gasteiger partial charge in [0.25, 0.3) is 11.5 Å². The van der Waals surface area contributed by atoms with E-state index in [1.54, 1.807) is 42.5 Å². The van der Waals surface area contributed by atoms with Crippen molar-refractivity contribution >= 4 is 22.6 Å². The summed E-state index contributed by atoms with van der Waals surface area (Å²) in [6, 6.07) is 14.3. The fourth-order valence-corrected chi connectivity index (χ4v) is 4.44. The van der Waals surface area contributed by atoms with E-state index in [1.807, 2.05) is 6.07 Å². The quantitative estimate of drug-likeness (QED) is 0.566. The van der Waals surface area contributed by atoms with Crippen LogP contribution in [0.4, 0.5) is 0 Å². The fraction of sp³-hybridized carbons (Fsp3) is 0.346. The maximum absolute atomic E-state index is 13.2. The average molecular weight is 448 g/mol. The van der Waals surface area contributed by atoms with Crippen LogP contribution in [0.5, 0.6) is 5.75 Å². The number of rotatable bonds is 6. The van der Waals surface area contributed by atoms with Crippen molar-refractivity contribution in [2.75, 3.05) is 13.7 Å². The number of nitrogens with one attached hydrogen (secondary N) is 2. The number of benzene rings is 2. The molecule has 0 unspecified atom stereocenters. The van der Waals surface area contributed by atoms with E-state index in [-0.39, 0.29) is 24.1 Å². The summed E-state index contributed by atoms with van der Waals surface area (Å²) in [5, 5.41) is 6.72. The smallest absolute Gasteiger partial charge is 0.263 e. The summed E-state index contributed by atoms with van der Waals surface area (Å²) in [6.07, 6.45) is 8.13. The number of amides is 2. The predicted molar refractivity (Wildman–Crippen MR) is 128 cm³/mol. The minimum atomic E-state index is -0.411. The maximum atomic E-state index is 13.2. The van der Waals surface area contributed by atoms with Gasteiger partial charge in [-0.2, -0.15) is 0 Å². The summed E-state index contributed by atoms with van der Waals surface area (Å²) in [5.41, 5.74) is 0.604. The Morgan fingerprint density at radius 1 is 0.970 bits per heavy atom. The average Bonchev–Trinajstić information content (AvgIpc) is 3.11. The Labute approximate surface area is 192 Å².